The van der Waals surface area contributed by atoms with Crippen LogP contribution in [0.5, 0.6) is 11.5 Å². The third-order valence-corrected chi connectivity index (χ3v) is 2.58. The number of methoxy groups -OCH3 is 1. The molecule has 2 rings (SSSR count). The predicted molar refractivity (Wildman–Crippen MR) is 82.4 cm³/mol. The summed E-state index contributed by atoms with van der Waals surface area (Å²) in [6.45, 7) is 4.00. The fourth-order valence-electron chi connectivity index (χ4n) is 1.53. The van der Waals surface area contributed by atoms with E-state index in [-0.39, 0.29) is 11.4 Å². The summed E-state index contributed by atoms with van der Waals surface area (Å²) in [5.74, 6) is 0.342. The summed E-state index contributed by atoms with van der Waals surface area (Å²) in [7, 11) is 1.53. The maximum atomic E-state index is 11.8. The minimum absolute atomic E-state index is 0.0609. The first-order valence-corrected chi connectivity index (χ1v) is 6.71. The number of carbonyl (C=O) groups excluding carboxylic acids is 1. The topological polar surface area (TPSA) is 78.7 Å². The lowest BCUT2D eigenvalue weighted by molar-refractivity contribution is -0.384. The molecule has 2 aromatic carbocycles. The van der Waals surface area contributed by atoms with Gasteiger partial charge < -0.3 is 9.47 Å². The van der Waals surface area contributed by atoms with E-state index >= 15 is 0 Å². The lowest BCUT2D eigenvalue weighted by Gasteiger charge is -2.05. The number of ether oxygens (including phenoxy) is 2. The highest BCUT2D eigenvalue weighted by atomic mass is 16.6. The summed E-state index contributed by atoms with van der Waals surface area (Å²) in [4.78, 5) is 21.8. The third-order valence-electron chi connectivity index (χ3n) is 2.58. The molecule has 0 amide bonds. The summed E-state index contributed by atoms with van der Waals surface area (Å²) in [6, 6.07) is 11.7. The fourth-order valence-corrected chi connectivity index (χ4v) is 1.53. The van der Waals surface area contributed by atoms with E-state index in [9.17, 15) is 14.9 Å². The monoisotopic (exact) mass is 303 g/mol. The molecule has 6 heteroatoms. The first-order chi connectivity index (χ1) is 10.6. The van der Waals surface area contributed by atoms with E-state index in [4.69, 9.17) is 9.47 Å². The zero-order valence-electron chi connectivity index (χ0n) is 12.6. The van der Waals surface area contributed by atoms with Gasteiger partial charge in [0.25, 0.3) is 5.69 Å². The van der Waals surface area contributed by atoms with Crippen molar-refractivity contribution in [2.24, 2.45) is 0 Å². The second kappa shape index (κ2) is 8.41. The minimum Gasteiger partial charge on any atom is -0.497 e. The van der Waals surface area contributed by atoms with Crippen LogP contribution in [0.15, 0.2) is 48.5 Å². The Morgan fingerprint density at radius 2 is 1.45 bits per heavy atom. The molecular formula is C16H17NO5. The molecule has 0 atom stereocenters. The number of benzene rings is 2. The molecule has 116 valence electrons. The average Bonchev–Trinajstić information content (AvgIpc) is 2.57. The van der Waals surface area contributed by atoms with Gasteiger partial charge in [-0.1, -0.05) is 13.8 Å². The Morgan fingerprint density at radius 3 is 1.91 bits per heavy atom. The molecule has 22 heavy (non-hydrogen) atoms. The zero-order valence-corrected chi connectivity index (χ0v) is 12.6. The SMILES string of the molecule is CC.COc1ccc(C(=O)Oc2ccc([N+](=O)[O-])cc2)cc1. The Bertz CT molecular complexity index is 620. The summed E-state index contributed by atoms with van der Waals surface area (Å²) in [5.41, 5.74) is 0.304. The normalized spacial score (nSPS) is 9.23. The molecule has 0 saturated heterocycles. The summed E-state index contributed by atoms with van der Waals surface area (Å²) < 4.78 is 10.1. The van der Waals surface area contributed by atoms with Crippen molar-refractivity contribution in [3.05, 3.63) is 64.2 Å². The number of hydrogen-bond acceptors (Lipinski definition) is 5. The van der Waals surface area contributed by atoms with Crippen molar-refractivity contribution in [3.63, 3.8) is 0 Å². The van der Waals surface area contributed by atoms with Gasteiger partial charge in [-0.3, -0.25) is 10.1 Å². The van der Waals surface area contributed by atoms with Gasteiger partial charge in [0.15, 0.2) is 0 Å². The summed E-state index contributed by atoms with van der Waals surface area (Å²) in [5, 5.41) is 10.5. The van der Waals surface area contributed by atoms with Crippen molar-refractivity contribution in [1.82, 2.24) is 0 Å². The van der Waals surface area contributed by atoms with Crippen LogP contribution >= 0.6 is 0 Å². The second-order valence-electron chi connectivity index (χ2n) is 3.87. The molecule has 2 aromatic rings. The first kappa shape index (κ1) is 17.2. The van der Waals surface area contributed by atoms with Gasteiger partial charge >= 0.3 is 5.97 Å². The standard InChI is InChI=1S/C14H11NO5.C2H6/c1-19-12-6-2-10(3-7-12)14(16)20-13-8-4-11(5-9-13)15(17)18;1-2/h2-9H,1H3;1-2H3. The maximum absolute atomic E-state index is 11.8. The van der Waals surface area contributed by atoms with Gasteiger partial charge in [0.2, 0.25) is 0 Å². The highest BCUT2D eigenvalue weighted by molar-refractivity contribution is 5.91. The smallest absolute Gasteiger partial charge is 0.343 e. The molecule has 0 spiro atoms. The van der Waals surface area contributed by atoms with Crippen molar-refractivity contribution in [2.45, 2.75) is 13.8 Å². The molecule has 0 aliphatic heterocycles. The Morgan fingerprint density at radius 1 is 0.955 bits per heavy atom. The van der Waals surface area contributed by atoms with Crippen LogP contribution in [0.1, 0.15) is 24.2 Å². The molecule has 0 saturated carbocycles. The largest absolute Gasteiger partial charge is 0.497 e. The lowest BCUT2D eigenvalue weighted by Crippen LogP contribution is -2.08. The van der Waals surface area contributed by atoms with Gasteiger partial charge in [0.1, 0.15) is 11.5 Å². The van der Waals surface area contributed by atoms with E-state index in [2.05, 4.69) is 0 Å². The zero-order chi connectivity index (χ0) is 16.5. The maximum Gasteiger partial charge on any atom is 0.343 e. The molecule has 0 fully saturated rings. The summed E-state index contributed by atoms with van der Waals surface area (Å²) >= 11 is 0. The molecule has 6 nitrogen and oxygen atoms in total. The van der Waals surface area contributed by atoms with E-state index in [0.717, 1.165) is 0 Å². The van der Waals surface area contributed by atoms with Gasteiger partial charge in [-0.15, -0.1) is 0 Å². The van der Waals surface area contributed by atoms with Gasteiger partial charge in [-0.05, 0) is 36.4 Å². The number of hydrogen-bond donors (Lipinski definition) is 0. The molecule has 0 unspecified atom stereocenters. The molecule has 0 heterocycles. The predicted octanol–water partition coefficient (Wildman–Crippen LogP) is 3.85. The number of carbonyl (C=O) groups is 1. The third kappa shape index (κ3) is 4.59. The van der Waals surface area contributed by atoms with Crippen LogP contribution in [0.25, 0.3) is 0 Å². The van der Waals surface area contributed by atoms with Crippen LogP contribution in [0, 0.1) is 10.1 Å². The fraction of sp³-hybridized carbons (Fsp3) is 0.188. The van der Waals surface area contributed by atoms with Crippen LogP contribution in [-0.2, 0) is 0 Å². The quantitative estimate of drug-likeness (QED) is 0.371. The van der Waals surface area contributed by atoms with E-state index in [0.29, 0.717) is 11.3 Å². The lowest BCUT2D eigenvalue weighted by atomic mass is 10.2. The Labute approximate surface area is 128 Å². The second-order valence-corrected chi connectivity index (χ2v) is 3.87. The van der Waals surface area contributed by atoms with Crippen LogP contribution < -0.4 is 9.47 Å². The molecule has 0 bridgehead atoms. The highest BCUT2D eigenvalue weighted by Crippen LogP contribution is 2.19. The molecular weight excluding hydrogens is 286 g/mol. The van der Waals surface area contributed by atoms with Gasteiger partial charge in [0.05, 0.1) is 17.6 Å². The Hall–Kier alpha value is -2.89. The van der Waals surface area contributed by atoms with Crippen molar-refractivity contribution in [3.8, 4) is 11.5 Å². The number of rotatable bonds is 4. The number of esters is 1. The van der Waals surface area contributed by atoms with Crippen LogP contribution in [0.2, 0.25) is 0 Å². The van der Waals surface area contributed by atoms with Crippen molar-refractivity contribution < 1.29 is 19.2 Å². The highest BCUT2D eigenvalue weighted by Gasteiger charge is 2.10. The molecule has 0 aliphatic carbocycles. The Balaban J connectivity index is 0.00000116. The van der Waals surface area contributed by atoms with Crippen molar-refractivity contribution >= 4 is 11.7 Å². The van der Waals surface area contributed by atoms with Gasteiger partial charge in [-0.2, -0.15) is 0 Å². The number of nitrogens with zero attached hydrogens (tertiary/aromatic N) is 1. The van der Waals surface area contributed by atoms with Gasteiger partial charge in [-0.25, -0.2) is 4.79 Å². The van der Waals surface area contributed by atoms with Crippen LogP contribution in [0.3, 0.4) is 0 Å². The minimum atomic E-state index is -0.540. The average molecular weight is 303 g/mol. The summed E-state index contributed by atoms with van der Waals surface area (Å²) in [6.07, 6.45) is 0. The molecule has 0 radical (unpaired) electrons. The first-order valence-electron chi connectivity index (χ1n) is 6.71. The van der Waals surface area contributed by atoms with Gasteiger partial charge in [0, 0.05) is 12.1 Å². The number of non-ortho nitro benzene ring substituents is 1. The van der Waals surface area contributed by atoms with Crippen molar-refractivity contribution in [1.29, 1.82) is 0 Å². The van der Waals surface area contributed by atoms with E-state index in [1.54, 1.807) is 24.3 Å². The van der Waals surface area contributed by atoms with Crippen LogP contribution in [-0.4, -0.2) is 18.0 Å². The van der Waals surface area contributed by atoms with E-state index < -0.39 is 10.9 Å². The van der Waals surface area contributed by atoms with E-state index in [1.807, 2.05) is 13.8 Å². The number of nitro groups is 1. The van der Waals surface area contributed by atoms with E-state index in [1.165, 1.54) is 31.4 Å². The molecule has 0 aliphatic rings. The Kier molecular flexibility index (Phi) is 6.56. The van der Waals surface area contributed by atoms with Crippen molar-refractivity contribution in [2.75, 3.05) is 7.11 Å². The molecule has 0 aromatic heterocycles. The van der Waals surface area contributed by atoms with Crippen LogP contribution in [0.4, 0.5) is 5.69 Å². The molecule has 0 N–H and O–H groups in total. The number of nitro benzene ring substituents is 1.